The van der Waals surface area contributed by atoms with E-state index in [0.29, 0.717) is 36.7 Å². The van der Waals surface area contributed by atoms with E-state index in [-0.39, 0.29) is 0 Å². The van der Waals surface area contributed by atoms with Crippen molar-refractivity contribution in [2.24, 2.45) is 11.7 Å². The summed E-state index contributed by atoms with van der Waals surface area (Å²) in [6, 6.07) is 4.62. The third kappa shape index (κ3) is 3.26. The summed E-state index contributed by atoms with van der Waals surface area (Å²) in [5.41, 5.74) is 5.86. The van der Waals surface area contributed by atoms with Gasteiger partial charge in [0.1, 0.15) is 0 Å². The summed E-state index contributed by atoms with van der Waals surface area (Å²) in [5, 5.41) is 0. The van der Waals surface area contributed by atoms with Gasteiger partial charge in [0, 0.05) is 18.8 Å². The van der Waals surface area contributed by atoms with Gasteiger partial charge in [-0.15, -0.1) is 0 Å². The first-order valence-electron chi connectivity index (χ1n) is 7.10. The van der Waals surface area contributed by atoms with Gasteiger partial charge in [0.15, 0.2) is 0 Å². The molecule has 20 heavy (non-hydrogen) atoms. The summed E-state index contributed by atoms with van der Waals surface area (Å²) in [7, 11) is 0. The molecule has 1 atom stereocenters. The molecule has 112 valence electrons. The van der Waals surface area contributed by atoms with E-state index in [1.165, 1.54) is 6.07 Å². The number of rotatable bonds is 4. The highest BCUT2D eigenvalue weighted by molar-refractivity contribution is 5.57. The van der Waals surface area contributed by atoms with E-state index in [1.54, 1.807) is 12.1 Å². The van der Waals surface area contributed by atoms with Crippen LogP contribution in [0, 0.1) is 5.92 Å². The summed E-state index contributed by atoms with van der Waals surface area (Å²) in [6.45, 7) is 3.87. The van der Waals surface area contributed by atoms with Crippen LogP contribution in [0.15, 0.2) is 18.2 Å². The van der Waals surface area contributed by atoms with Crippen LogP contribution in [0.4, 0.5) is 18.9 Å². The third-order valence-electron chi connectivity index (χ3n) is 4.00. The molecule has 0 spiro atoms. The van der Waals surface area contributed by atoms with Gasteiger partial charge in [0.25, 0.3) is 0 Å². The Bertz CT molecular complexity index is 457. The second-order valence-corrected chi connectivity index (χ2v) is 5.40. The quantitative estimate of drug-likeness (QED) is 0.918. The van der Waals surface area contributed by atoms with Crippen molar-refractivity contribution in [1.29, 1.82) is 0 Å². The molecule has 1 aromatic carbocycles. The maximum absolute atomic E-state index is 13.2. The first-order chi connectivity index (χ1) is 9.45. The van der Waals surface area contributed by atoms with E-state index in [4.69, 9.17) is 5.73 Å². The molecule has 0 saturated carbocycles. The van der Waals surface area contributed by atoms with Crippen molar-refractivity contribution in [3.05, 3.63) is 29.3 Å². The fraction of sp³-hybridized carbons (Fsp3) is 0.600. The molecule has 2 rings (SSSR count). The van der Waals surface area contributed by atoms with Gasteiger partial charge < -0.3 is 10.6 Å². The predicted molar refractivity (Wildman–Crippen MR) is 74.8 cm³/mol. The fourth-order valence-corrected chi connectivity index (χ4v) is 2.79. The Morgan fingerprint density at radius 2 is 2.10 bits per heavy atom. The van der Waals surface area contributed by atoms with Crippen LogP contribution in [0.5, 0.6) is 0 Å². The maximum atomic E-state index is 13.2. The van der Waals surface area contributed by atoms with Gasteiger partial charge in [-0.3, -0.25) is 0 Å². The lowest BCUT2D eigenvalue weighted by Crippen LogP contribution is -2.23. The molecule has 0 radical (unpaired) electrons. The topological polar surface area (TPSA) is 29.3 Å². The Kier molecular flexibility index (Phi) is 4.58. The first-order valence-corrected chi connectivity index (χ1v) is 7.10. The average Bonchev–Trinajstić information content (AvgIpc) is 2.87. The Morgan fingerprint density at radius 3 is 2.65 bits per heavy atom. The van der Waals surface area contributed by atoms with Crippen LogP contribution in [-0.2, 0) is 12.6 Å². The Hall–Kier alpha value is -1.23. The van der Waals surface area contributed by atoms with Crippen molar-refractivity contribution in [2.45, 2.75) is 32.4 Å². The Balaban J connectivity index is 2.32. The van der Waals surface area contributed by atoms with Crippen molar-refractivity contribution in [3.63, 3.8) is 0 Å². The highest BCUT2D eigenvalue weighted by atomic mass is 19.4. The molecule has 0 aliphatic carbocycles. The molecule has 1 fully saturated rings. The maximum Gasteiger partial charge on any atom is 0.418 e. The molecule has 1 heterocycles. The molecular formula is C15H21F3N2. The molecule has 1 aromatic rings. The molecule has 0 aromatic heterocycles. The second-order valence-electron chi connectivity index (χ2n) is 5.40. The van der Waals surface area contributed by atoms with Crippen LogP contribution in [0.2, 0.25) is 0 Å². The van der Waals surface area contributed by atoms with E-state index in [9.17, 15) is 13.2 Å². The van der Waals surface area contributed by atoms with Gasteiger partial charge in [-0.05, 0) is 43.0 Å². The number of alkyl halides is 3. The lowest BCUT2D eigenvalue weighted by molar-refractivity contribution is -0.137. The van der Waals surface area contributed by atoms with Crippen molar-refractivity contribution in [2.75, 3.05) is 24.5 Å². The smallest absolute Gasteiger partial charge is 0.371 e. The van der Waals surface area contributed by atoms with E-state index < -0.39 is 11.7 Å². The second kappa shape index (κ2) is 6.04. The molecule has 1 aliphatic heterocycles. The molecule has 0 bridgehead atoms. The van der Waals surface area contributed by atoms with E-state index >= 15 is 0 Å². The number of benzene rings is 1. The standard InChI is InChI=1S/C15H21F3N2/c1-2-11-6-8-20(10-11)14-4-3-12(5-7-19)9-13(14)15(16,17)18/h3-4,9,11H,2,5-8,10,19H2,1H3. The average molecular weight is 286 g/mol. The van der Waals surface area contributed by atoms with Gasteiger partial charge >= 0.3 is 6.18 Å². The normalized spacial score (nSPS) is 19.6. The van der Waals surface area contributed by atoms with Crippen molar-refractivity contribution < 1.29 is 13.2 Å². The minimum atomic E-state index is -4.32. The molecule has 1 saturated heterocycles. The number of nitrogens with two attached hydrogens (primary N) is 1. The van der Waals surface area contributed by atoms with Crippen LogP contribution < -0.4 is 10.6 Å². The number of nitrogens with zero attached hydrogens (tertiary/aromatic N) is 1. The van der Waals surface area contributed by atoms with Crippen LogP contribution in [0.1, 0.15) is 30.9 Å². The van der Waals surface area contributed by atoms with Gasteiger partial charge in [-0.1, -0.05) is 19.4 Å². The lowest BCUT2D eigenvalue weighted by atomic mass is 10.0. The predicted octanol–water partition coefficient (Wildman–Crippen LogP) is 3.44. The molecule has 0 amide bonds. The number of anilines is 1. The first kappa shape index (κ1) is 15.2. The molecule has 5 heteroatoms. The minimum Gasteiger partial charge on any atom is -0.371 e. The van der Waals surface area contributed by atoms with Crippen molar-refractivity contribution in [3.8, 4) is 0 Å². The lowest BCUT2D eigenvalue weighted by Gasteiger charge is -2.24. The summed E-state index contributed by atoms with van der Waals surface area (Å²) in [4.78, 5) is 1.86. The van der Waals surface area contributed by atoms with Gasteiger partial charge in [0.05, 0.1) is 5.56 Å². The molecule has 1 unspecified atom stereocenters. The largest absolute Gasteiger partial charge is 0.418 e. The van der Waals surface area contributed by atoms with E-state index in [1.807, 2.05) is 4.90 Å². The number of hydrogen-bond donors (Lipinski definition) is 1. The van der Waals surface area contributed by atoms with Gasteiger partial charge in [-0.25, -0.2) is 0 Å². The zero-order chi connectivity index (χ0) is 14.8. The van der Waals surface area contributed by atoms with E-state index in [2.05, 4.69) is 6.92 Å². The van der Waals surface area contributed by atoms with Crippen molar-refractivity contribution >= 4 is 5.69 Å². The molecular weight excluding hydrogens is 265 g/mol. The SMILES string of the molecule is CCC1CCN(c2ccc(CCN)cc2C(F)(F)F)C1. The van der Waals surface area contributed by atoms with Crippen LogP contribution in [0.25, 0.3) is 0 Å². The summed E-state index contributed by atoms with van der Waals surface area (Å²) in [6.07, 6.45) is -1.85. The van der Waals surface area contributed by atoms with E-state index in [0.717, 1.165) is 19.4 Å². The third-order valence-corrected chi connectivity index (χ3v) is 4.00. The summed E-state index contributed by atoms with van der Waals surface area (Å²) < 4.78 is 39.7. The Morgan fingerprint density at radius 1 is 1.35 bits per heavy atom. The Labute approximate surface area is 117 Å². The fourth-order valence-electron chi connectivity index (χ4n) is 2.79. The highest BCUT2D eigenvalue weighted by Crippen LogP contribution is 2.39. The molecule has 2 nitrogen and oxygen atoms in total. The summed E-state index contributed by atoms with van der Waals surface area (Å²) >= 11 is 0. The van der Waals surface area contributed by atoms with Gasteiger partial charge in [-0.2, -0.15) is 13.2 Å². The minimum absolute atomic E-state index is 0.314. The summed E-state index contributed by atoms with van der Waals surface area (Å²) in [5.74, 6) is 0.500. The zero-order valence-corrected chi connectivity index (χ0v) is 11.7. The molecule has 1 aliphatic rings. The number of halogens is 3. The van der Waals surface area contributed by atoms with Gasteiger partial charge in [0.2, 0.25) is 0 Å². The zero-order valence-electron chi connectivity index (χ0n) is 11.7. The van der Waals surface area contributed by atoms with Crippen LogP contribution in [0.3, 0.4) is 0 Å². The highest BCUT2D eigenvalue weighted by Gasteiger charge is 2.36. The monoisotopic (exact) mass is 286 g/mol. The van der Waals surface area contributed by atoms with Crippen LogP contribution >= 0.6 is 0 Å². The molecule has 2 N–H and O–H groups in total. The van der Waals surface area contributed by atoms with Crippen molar-refractivity contribution in [1.82, 2.24) is 0 Å². The van der Waals surface area contributed by atoms with Crippen LogP contribution in [-0.4, -0.2) is 19.6 Å². The number of hydrogen-bond acceptors (Lipinski definition) is 2.